The van der Waals surface area contributed by atoms with Crippen LogP contribution in [0.4, 0.5) is 10.8 Å². The van der Waals surface area contributed by atoms with Crippen LogP contribution in [-0.4, -0.2) is 16.8 Å². The third-order valence-electron chi connectivity index (χ3n) is 3.95. The van der Waals surface area contributed by atoms with Crippen molar-refractivity contribution in [2.24, 2.45) is 0 Å². The molecule has 1 heterocycles. The smallest absolute Gasteiger partial charge is 0.257 e. The van der Waals surface area contributed by atoms with Crippen LogP contribution in [0.3, 0.4) is 0 Å². The molecule has 0 aliphatic carbocycles. The van der Waals surface area contributed by atoms with Crippen LogP contribution < -0.4 is 10.6 Å². The Morgan fingerprint density at radius 1 is 1.07 bits per heavy atom. The van der Waals surface area contributed by atoms with Gasteiger partial charge in [0.1, 0.15) is 0 Å². The zero-order chi connectivity index (χ0) is 19.2. The van der Waals surface area contributed by atoms with Gasteiger partial charge in [-0.1, -0.05) is 36.8 Å². The van der Waals surface area contributed by atoms with E-state index in [4.69, 9.17) is 0 Å². The first-order valence-corrected chi connectivity index (χ1v) is 9.67. The molecule has 0 saturated heterocycles. The fraction of sp³-hybridized carbons (Fsp3) is 0.190. The number of amides is 2. The van der Waals surface area contributed by atoms with Gasteiger partial charge in [0.05, 0.1) is 5.69 Å². The molecule has 2 N–H and O–H groups in total. The summed E-state index contributed by atoms with van der Waals surface area (Å²) >= 11 is 1.38. The lowest BCUT2D eigenvalue weighted by atomic mass is 10.1. The zero-order valence-electron chi connectivity index (χ0n) is 15.3. The molecule has 3 aromatic rings. The van der Waals surface area contributed by atoms with Crippen LogP contribution in [-0.2, 0) is 4.79 Å². The van der Waals surface area contributed by atoms with Gasteiger partial charge in [0, 0.05) is 28.6 Å². The Labute approximate surface area is 162 Å². The summed E-state index contributed by atoms with van der Waals surface area (Å²) in [6, 6.07) is 15.0. The molecule has 6 heteroatoms. The molecular weight excluding hydrogens is 358 g/mol. The van der Waals surface area contributed by atoms with E-state index in [0.717, 1.165) is 28.9 Å². The predicted molar refractivity (Wildman–Crippen MR) is 110 cm³/mol. The normalized spacial score (nSPS) is 10.4. The molecule has 5 nitrogen and oxygen atoms in total. The van der Waals surface area contributed by atoms with E-state index in [0.29, 0.717) is 17.1 Å². The minimum atomic E-state index is -0.173. The van der Waals surface area contributed by atoms with E-state index in [-0.39, 0.29) is 11.8 Å². The third kappa shape index (κ3) is 5.01. The summed E-state index contributed by atoms with van der Waals surface area (Å²) in [4.78, 5) is 28.5. The number of nitrogens with zero attached hydrogens (tertiary/aromatic N) is 1. The SMILES string of the molecule is CCCC(=O)Nc1ccc(-c2csc(NC(=O)c3cccc(C)c3)n2)cc1. The highest BCUT2D eigenvalue weighted by Crippen LogP contribution is 2.26. The Hall–Kier alpha value is -2.99. The maximum absolute atomic E-state index is 12.3. The van der Waals surface area contributed by atoms with Crippen molar-refractivity contribution in [2.45, 2.75) is 26.7 Å². The summed E-state index contributed by atoms with van der Waals surface area (Å²) in [5.41, 5.74) is 4.12. The molecule has 0 atom stereocenters. The Morgan fingerprint density at radius 3 is 2.56 bits per heavy atom. The van der Waals surface area contributed by atoms with Crippen molar-refractivity contribution in [1.82, 2.24) is 4.98 Å². The lowest BCUT2D eigenvalue weighted by Gasteiger charge is -2.05. The van der Waals surface area contributed by atoms with E-state index in [1.165, 1.54) is 11.3 Å². The average molecular weight is 379 g/mol. The molecule has 2 aromatic carbocycles. The second kappa shape index (κ2) is 8.60. The maximum Gasteiger partial charge on any atom is 0.257 e. The first-order chi connectivity index (χ1) is 13.0. The van der Waals surface area contributed by atoms with Crippen LogP contribution in [0.2, 0.25) is 0 Å². The Kier molecular flexibility index (Phi) is 5.98. The van der Waals surface area contributed by atoms with E-state index in [1.807, 2.05) is 61.7 Å². The third-order valence-corrected chi connectivity index (χ3v) is 4.70. The van der Waals surface area contributed by atoms with Gasteiger partial charge in [0.2, 0.25) is 5.91 Å². The summed E-state index contributed by atoms with van der Waals surface area (Å²) in [5, 5.41) is 8.15. The number of carbonyl (C=O) groups is 2. The molecule has 1 aromatic heterocycles. The fourth-order valence-electron chi connectivity index (χ4n) is 2.59. The first-order valence-electron chi connectivity index (χ1n) is 8.79. The number of aryl methyl sites for hydroxylation is 1. The van der Waals surface area contributed by atoms with Gasteiger partial charge in [-0.25, -0.2) is 4.98 Å². The summed E-state index contributed by atoms with van der Waals surface area (Å²) in [6.07, 6.45) is 1.33. The molecule has 0 saturated carbocycles. The maximum atomic E-state index is 12.3. The van der Waals surface area contributed by atoms with Crippen molar-refractivity contribution in [3.8, 4) is 11.3 Å². The standard InChI is InChI=1S/C21H21N3O2S/c1-3-5-19(25)22-17-10-8-15(9-11-17)18-13-27-21(23-18)24-20(26)16-7-4-6-14(2)12-16/h4,6-13H,3,5H2,1-2H3,(H,22,25)(H,23,24,26). The van der Waals surface area contributed by atoms with Gasteiger partial charge in [0.15, 0.2) is 5.13 Å². The molecule has 2 amide bonds. The summed E-state index contributed by atoms with van der Waals surface area (Å²) in [6.45, 7) is 3.92. The molecule has 0 spiro atoms. The van der Waals surface area contributed by atoms with Crippen molar-refractivity contribution in [2.75, 3.05) is 10.6 Å². The van der Waals surface area contributed by atoms with E-state index < -0.39 is 0 Å². The van der Waals surface area contributed by atoms with Crippen LogP contribution in [0, 0.1) is 6.92 Å². The van der Waals surface area contributed by atoms with Crippen LogP contribution in [0.5, 0.6) is 0 Å². The molecule has 27 heavy (non-hydrogen) atoms. The van der Waals surface area contributed by atoms with Gasteiger partial charge in [-0.3, -0.25) is 14.9 Å². The Bertz CT molecular complexity index is 948. The number of nitrogens with one attached hydrogen (secondary N) is 2. The van der Waals surface area contributed by atoms with Crippen LogP contribution in [0.1, 0.15) is 35.7 Å². The van der Waals surface area contributed by atoms with Gasteiger partial charge in [-0.15, -0.1) is 11.3 Å². The van der Waals surface area contributed by atoms with Crippen molar-refractivity contribution < 1.29 is 9.59 Å². The molecule has 0 radical (unpaired) electrons. The minimum absolute atomic E-state index is 0.0139. The predicted octanol–water partition coefficient (Wildman–Crippen LogP) is 5.11. The number of carbonyl (C=O) groups excluding carboxylic acids is 2. The van der Waals surface area contributed by atoms with E-state index in [9.17, 15) is 9.59 Å². The molecule has 0 fully saturated rings. The Balaban J connectivity index is 1.66. The lowest BCUT2D eigenvalue weighted by molar-refractivity contribution is -0.116. The largest absolute Gasteiger partial charge is 0.326 e. The molecule has 0 bridgehead atoms. The second-order valence-corrected chi connectivity index (χ2v) is 7.10. The highest BCUT2D eigenvalue weighted by atomic mass is 32.1. The molecule has 0 aliphatic rings. The topological polar surface area (TPSA) is 71.1 Å². The highest BCUT2D eigenvalue weighted by molar-refractivity contribution is 7.14. The average Bonchev–Trinajstić information content (AvgIpc) is 3.11. The van der Waals surface area contributed by atoms with Crippen molar-refractivity contribution >= 4 is 34.0 Å². The fourth-order valence-corrected chi connectivity index (χ4v) is 3.31. The number of anilines is 2. The molecule has 3 rings (SSSR count). The van der Waals surface area contributed by atoms with E-state index in [1.54, 1.807) is 6.07 Å². The number of aromatic nitrogens is 1. The van der Waals surface area contributed by atoms with Crippen LogP contribution in [0.15, 0.2) is 53.9 Å². The second-order valence-electron chi connectivity index (χ2n) is 6.24. The zero-order valence-corrected chi connectivity index (χ0v) is 16.1. The van der Waals surface area contributed by atoms with Gasteiger partial charge >= 0.3 is 0 Å². The lowest BCUT2D eigenvalue weighted by Crippen LogP contribution is -2.11. The summed E-state index contributed by atoms with van der Waals surface area (Å²) in [7, 11) is 0. The van der Waals surface area contributed by atoms with Crippen LogP contribution >= 0.6 is 11.3 Å². The monoisotopic (exact) mass is 379 g/mol. The number of rotatable bonds is 6. The number of hydrogen-bond donors (Lipinski definition) is 2. The first kappa shape index (κ1) is 18.8. The quantitative estimate of drug-likeness (QED) is 0.625. The molecule has 0 aliphatic heterocycles. The van der Waals surface area contributed by atoms with Gasteiger partial charge < -0.3 is 5.32 Å². The molecule has 138 valence electrons. The van der Waals surface area contributed by atoms with E-state index in [2.05, 4.69) is 15.6 Å². The Morgan fingerprint density at radius 2 is 1.85 bits per heavy atom. The van der Waals surface area contributed by atoms with Gasteiger partial charge in [-0.05, 0) is 37.6 Å². The summed E-state index contributed by atoms with van der Waals surface area (Å²) < 4.78 is 0. The number of thiazole rings is 1. The van der Waals surface area contributed by atoms with Gasteiger partial charge in [0.25, 0.3) is 5.91 Å². The minimum Gasteiger partial charge on any atom is -0.326 e. The van der Waals surface area contributed by atoms with Crippen molar-refractivity contribution in [3.63, 3.8) is 0 Å². The van der Waals surface area contributed by atoms with Gasteiger partial charge in [-0.2, -0.15) is 0 Å². The van der Waals surface area contributed by atoms with E-state index >= 15 is 0 Å². The van der Waals surface area contributed by atoms with Crippen LogP contribution in [0.25, 0.3) is 11.3 Å². The molecular formula is C21H21N3O2S. The molecule has 0 unspecified atom stereocenters. The number of benzene rings is 2. The summed E-state index contributed by atoms with van der Waals surface area (Å²) in [5.74, 6) is -0.159. The highest BCUT2D eigenvalue weighted by Gasteiger charge is 2.10. The van der Waals surface area contributed by atoms with Crippen molar-refractivity contribution in [1.29, 1.82) is 0 Å². The van der Waals surface area contributed by atoms with Crippen molar-refractivity contribution in [3.05, 3.63) is 65.0 Å². The number of hydrogen-bond acceptors (Lipinski definition) is 4.